The summed E-state index contributed by atoms with van der Waals surface area (Å²) < 4.78 is 10.5. The number of carbonyl (C=O) groups is 1. The number of halogens is 1. The number of aryl methyl sites for hydroxylation is 1. The summed E-state index contributed by atoms with van der Waals surface area (Å²) in [6.07, 6.45) is 1.25. The molecule has 0 saturated heterocycles. The van der Waals surface area contributed by atoms with Crippen molar-refractivity contribution in [2.75, 3.05) is 6.61 Å². The van der Waals surface area contributed by atoms with Crippen LogP contribution in [0.2, 0.25) is 5.02 Å². The van der Waals surface area contributed by atoms with Gasteiger partial charge in [-0.3, -0.25) is 4.79 Å². The smallest absolute Gasteiger partial charge is 0.336 e. The van der Waals surface area contributed by atoms with Crippen molar-refractivity contribution in [2.45, 2.75) is 6.92 Å². The van der Waals surface area contributed by atoms with Gasteiger partial charge in [-0.05, 0) is 42.3 Å². The average Bonchev–Trinajstić information content (AvgIpc) is 2.64. The highest BCUT2D eigenvalue weighted by atomic mass is 35.5. The summed E-state index contributed by atoms with van der Waals surface area (Å²) in [5.74, 6) is -1.01. The summed E-state index contributed by atoms with van der Waals surface area (Å²) in [6, 6.07) is 8.93. The molecule has 0 bridgehead atoms. The van der Waals surface area contributed by atoms with Crippen molar-refractivity contribution in [2.24, 2.45) is 5.10 Å². The average molecular weight is 403 g/mol. The minimum Gasteiger partial charge on any atom is -0.504 e. The van der Waals surface area contributed by atoms with Crippen LogP contribution in [0.3, 0.4) is 0 Å². The van der Waals surface area contributed by atoms with E-state index >= 15 is 0 Å². The van der Waals surface area contributed by atoms with Gasteiger partial charge >= 0.3 is 5.63 Å². The molecule has 3 aromatic rings. The number of phenols is 2. The van der Waals surface area contributed by atoms with Gasteiger partial charge < -0.3 is 19.4 Å². The summed E-state index contributed by atoms with van der Waals surface area (Å²) >= 11 is 5.73. The predicted octanol–water partition coefficient (Wildman–Crippen LogP) is 2.70. The molecule has 0 atom stereocenters. The van der Waals surface area contributed by atoms with Gasteiger partial charge in [0.2, 0.25) is 0 Å². The molecule has 0 aliphatic carbocycles. The van der Waals surface area contributed by atoms with Crippen LogP contribution >= 0.6 is 11.6 Å². The van der Waals surface area contributed by atoms with Gasteiger partial charge in [0.25, 0.3) is 5.91 Å². The normalized spacial score (nSPS) is 11.1. The number of hydrogen-bond donors (Lipinski definition) is 3. The molecule has 3 rings (SSSR count). The number of phenolic OH excluding ortho intramolecular Hbond substituents is 2. The number of benzene rings is 2. The zero-order valence-corrected chi connectivity index (χ0v) is 15.4. The van der Waals surface area contributed by atoms with Crippen molar-refractivity contribution in [3.05, 3.63) is 63.0 Å². The minimum atomic E-state index is -0.531. The van der Waals surface area contributed by atoms with Crippen LogP contribution in [0.1, 0.15) is 11.1 Å². The molecule has 0 radical (unpaired) electrons. The van der Waals surface area contributed by atoms with E-state index < -0.39 is 23.0 Å². The topological polar surface area (TPSA) is 121 Å². The van der Waals surface area contributed by atoms with E-state index in [1.165, 1.54) is 30.5 Å². The van der Waals surface area contributed by atoms with Gasteiger partial charge in [0.1, 0.15) is 11.3 Å². The summed E-state index contributed by atoms with van der Waals surface area (Å²) in [7, 11) is 0. The van der Waals surface area contributed by atoms with E-state index in [0.29, 0.717) is 16.9 Å². The minimum absolute atomic E-state index is 0.0469. The molecule has 0 spiro atoms. The zero-order valence-electron chi connectivity index (χ0n) is 14.6. The van der Waals surface area contributed by atoms with Crippen molar-refractivity contribution in [3.63, 3.8) is 0 Å². The number of aromatic hydroxyl groups is 2. The lowest BCUT2D eigenvalue weighted by Gasteiger charge is -2.07. The lowest BCUT2D eigenvalue weighted by molar-refractivity contribution is -0.123. The van der Waals surface area contributed by atoms with E-state index in [0.717, 1.165) is 10.9 Å². The van der Waals surface area contributed by atoms with Crippen LogP contribution in [0.25, 0.3) is 11.0 Å². The van der Waals surface area contributed by atoms with Crippen LogP contribution in [0, 0.1) is 6.92 Å². The third kappa shape index (κ3) is 4.41. The standard InChI is InChI=1S/C19H15ClN2O6/c1-10-4-18(25)28-16-7-12(2-3-13(10)16)27-9-17(24)22-21-8-11-5-14(20)19(26)15(23)6-11/h2-8,23,26H,9H2,1H3,(H,22,24)/b21-8+. The highest BCUT2D eigenvalue weighted by Gasteiger charge is 2.07. The summed E-state index contributed by atoms with van der Waals surface area (Å²) in [5.41, 5.74) is 3.32. The van der Waals surface area contributed by atoms with Crippen molar-refractivity contribution >= 4 is 34.7 Å². The van der Waals surface area contributed by atoms with Crippen molar-refractivity contribution in [1.82, 2.24) is 5.43 Å². The number of nitrogens with one attached hydrogen (secondary N) is 1. The van der Waals surface area contributed by atoms with Gasteiger partial charge in [-0.2, -0.15) is 5.10 Å². The summed E-state index contributed by atoms with van der Waals surface area (Å²) in [4.78, 5) is 23.3. The van der Waals surface area contributed by atoms with Gasteiger partial charge in [0, 0.05) is 17.5 Å². The Morgan fingerprint density at radius 1 is 1.29 bits per heavy atom. The molecule has 0 aliphatic heterocycles. The van der Waals surface area contributed by atoms with Gasteiger partial charge in [-0.1, -0.05) is 11.6 Å². The second kappa shape index (κ2) is 8.01. The number of carbonyl (C=O) groups excluding carboxylic acids is 1. The third-order valence-corrected chi connectivity index (χ3v) is 4.05. The van der Waals surface area contributed by atoms with Crippen LogP contribution in [0.15, 0.2) is 50.7 Å². The maximum Gasteiger partial charge on any atom is 0.336 e. The number of hydrogen-bond acceptors (Lipinski definition) is 7. The molecule has 1 heterocycles. The molecule has 1 amide bonds. The molecule has 0 unspecified atom stereocenters. The Bertz CT molecular complexity index is 1120. The second-order valence-corrected chi connectivity index (χ2v) is 6.27. The first-order valence-corrected chi connectivity index (χ1v) is 8.42. The van der Waals surface area contributed by atoms with Gasteiger partial charge in [-0.25, -0.2) is 10.2 Å². The van der Waals surface area contributed by atoms with Crippen LogP contribution < -0.4 is 15.8 Å². The Hall–Kier alpha value is -3.52. The molecular formula is C19H15ClN2O6. The molecule has 144 valence electrons. The van der Waals surface area contributed by atoms with E-state index in [1.54, 1.807) is 19.1 Å². The van der Waals surface area contributed by atoms with E-state index in [-0.39, 0.29) is 11.6 Å². The molecule has 28 heavy (non-hydrogen) atoms. The molecule has 9 heteroatoms. The third-order valence-electron chi connectivity index (χ3n) is 3.76. The molecule has 1 aromatic heterocycles. The molecule has 0 saturated carbocycles. The number of hydrazone groups is 1. The van der Waals surface area contributed by atoms with Crippen LogP contribution in [0.4, 0.5) is 0 Å². The first-order chi connectivity index (χ1) is 13.3. The Kier molecular flexibility index (Phi) is 5.51. The first kappa shape index (κ1) is 19.2. The van der Waals surface area contributed by atoms with Gasteiger partial charge in [0.15, 0.2) is 18.1 Å². The Morgan fingerprint density at radius 3 is 2.82 bits per heavy atom. The largest absolute Gasteiger partial charge is 0.504 e. The lowest BCUT2D eigenvalue weighted by Crippen LogP contribution is -2.24. The molecule has 2 aromatic carbocycles. The summed E-state index contributed by atoms with van der Waals surface area (Å²) in [5, 5.41) is 23.3. The molecule has 0 fully saturated rings. The number of amides is 1. The quantitative estimate of drug-likeness (QED) is 0.261. The number of rotatable bonds is 5. The molecule has 8 nitrogen and oxygen atoms in total. The Morgan fingerprint density at radius 2 is 2.07 bits per heavy atom. The van der Waals surface area contributed by atoms with Gasteiger partial charge in [-0.15, -0.1) is 0 Å². The fourth-order valence-electron chi connectivity index (χ4n) is 2.43. The Balaban J connectivity index is 1.60. The summed E-state index contributed by atoms with van der Waals surface area (Å²) in [6.45, 7) is 1.48. The maximum absolute atomic E-state index is 11.8. The molecular weight excluding hydrogens is 388 g/mol. The Labute approximate surface area is 163 Å². The maximum atomic E-state index is 11.8. The SMILES string of the molecule is Cc1cc(=O)oc2cc(OCC(=O)N/N=C/c3cc(O)c(O)c(Cl)c3)ccc12. The fourth-order valence-corrected chi connectivity index (χ4v) is 2.66. The highest BCUT2D eigenvalue weighted by Crippen LogP contribution is 2.33. The van der Waals surface area contributed by atoms with Gasteiger partial charge in [0.05, 0.1) is 11.2 Å². The van der Waals surface area contributed by atoms with E-state index in [2.05, 4.69) is 10.5 Å². The van der Waals surface area contributed by atoms with E-state index in [9.17, 15) is 19.8 Å². The second-order valence-electron chi connectivity index (χ2n) is 5.86. The monoisotopic (exact) mass is 402 g/mol. The first-order valence-electron chi connectivity index (χ1n) is 8.04. The van der Waals surface area contributed by atoms with Crippen LogP contribution in [-0.2, 0) is 4.79 Å². The van der Waals surface area contributed by atoms with Crippen molar-refractivity contribution in [3.8, 4) is 17.2 Å². The van der Waals surface area contributed by atoms with E-state index in [1.807, 2.05) is 0 Å². The lowest BCUT2D eigenvalue weighted by atomic mass is 10.1. The number of fused-ring (bicyclic) bond motifs is 1. The fraction of sp³-hybridized carbons (Fsp3) is 0.105. The number of ether oxygens (including phenoxy) is 1. The van der Waals surface area contributed by atoms with Crippen molar-refractivity contribution < 1.29 is 24.2 Å². The van der Waals surface area contributed by atoms with Crippen LogP contribution in [0.5, 0.6) is 17.2 Å². The van der Waals surface area contributed by atoms with Crippen molar-refractivity contribution in [1.29, 1.82) is 0 Å². The van der Waals surface area contributed by atoms with Crippen LogP contribution in [-0.4, -0.2) is 28.9 Å². The molecule has 3 N–H and O–H groups in total. The molecule has 0 aliphatic rings. The number of nitrogens with zero attached hydrogens (tertiary/aromatic N) is 1. The zero-order chi connectivity index (χ0) is 20.3. The van der Waals surface area contributed by atoms with E-state index in [4.69, 9.17) is 20.8 Å². The predicted molar refractivity (Wildman–Crippen MR) is 103 cm³/mol. The highest BCUT2D eigenvalue weighted by molar-refractivity contribution is 6.32.